The largest absolute Gasteiger partial charge is 0.417 e. The minimum absolute atomic E-state index is 0.0580. The van der Waals surface area contributed by atoms with Crippen LogP contribution in [0.2, 0.25) is 15.1 Å². The van der Waals surface area contributed by atoms with Crippen LogP contribution in [0.5, 0.6) is 0 Å². The Morgan fingerprint density at radius 2 is 1.93 bits per heavy atom. The number of pyridine rings is 1. The number of benzene rings is 1. The van der Waals surface area contributed by atoms with Crippen LogP contribution in [0.25, 0.3) is 5.65 Å². The summed E-state index contributed by atoms with van der Waals surface area (Å²) in [6, 6.07) is 5.54. The Morgan fingerprint density at radius 3 is 2.61 bits per heavy atom. The van der Waals surface area contributed by atoms with Crippen LogP contribution >= 0.6 is 46.6 Å². The summed E-state index contributed by atoms with van der Waals surface area (Å²) in [5.41, 5.74) is -0.572. The van der Waals surface area contributed by atoms with E-state index in [1.54, 1.807) is 25.1 Å². The molecule has 0 saturated heterocycles. The van der Waals surface area contributed by atoms with Gasteiger partial charge >= 0.3 is 6.18 Å². The summed E-state index contributed by atoms with van der Waals surface area (Å²) < 4.78 is 40.2. The van der Waals surface area contributed by atoms with Gasteiger partial charge in [0.2, 0.25) is 5.91 Å². The lowest BCUT2D eigenvalue weighted by Crippen LogP contribution is -2.23. The second-order valence-corrected chi connectivity index (χ2v) is 8.10. The molecule has 3 rings (SSSR count). The molecule has 2 heterocycles. The van der Waals surface area contributed by atoms with E-state index in [0.717, 1.165) is 28.4 Å². The van der Waals surface area contributed by atoms with E-state index in [1.165, 1.54) is 0 Å². The molecule has 1 unspecified atom stereocenters. The summed E-state index contributed by atoms with van der Waals surface area (Å²) in [4.78, 5) is 12.4. The number of fused-ring (bicyclic) bond motifs is 1. The summed E-state index contributed by atoms with van der Waals surface area (Å²) in [5.74, 6) is -0.441. The van der Waals surface area contributed by atoms with Crippen molar-refractivity contribution in [2.45, 2.75) is 23.5 Å². The first-order valence-electron chi connectivity index (χ1n) is 7.61. The SMILES string of the molecule is CC(Sc1nnc2c(Cl)cc(C(F)(F)F)cn12)C(=O)Nc1cccc(Cl)c1Cl. The Kier molecular flexibility index (Phi) is 6.00. The van der Waals surface area contributed by atoms with E-state index in [0.29, 0.717) is 5.69 Å². The molecule has 0 aliphatic rings. The Balaban J connectivity index is 1.84. The molecule has 0 fully saturated rings. The molecule has 0 saturated carbocycles. The molecule has 2 aromatic heterocycles. The zero-order valence-electron chi connectivity index (χ0n) is 13.9. The molecule has 28 heavy (non-hydrogen) atoms. The van der Waals surface area contributed by atoms with E-state index in [9.17, 15) is 18.0 Å². The third kappa shape index (κ3) is 4.32. The third-order valence-electron chi connectivity index (χ3n) is 3.62. The first-order chi connectivity index (χ1) is 13.1. The van der Waals surface area contributed by atoms with Crippen molar-refractivity contribution in [3.05, 3.63) is 51.1 Å². The fraction of sp³-hybridized carbons (Fsp3) is 0.188. The fourth-order valence-electron chi connectivity index (χ4n) is 2.22. The molecular formula is C16H10Cl3F3N4OS. The third-order valence-corrected chi connectivity index (χ3v) is 5.77. The zero-order valence-corrected chi connectivity index (χ0v) is 17.0. The number of rotatable bonds is 4. The van der Waals surface area contributed by atoms with E-state index >= 15 is 0 Å². The van der Waals surface area contributed by atoms with Gasteiger partial charge in [-0.3, -0.25) is 9.20 Å². The molecule has 0 aliphatic heterocycles. The van der Waals surface area contributed by atoms with Gasteiger partial charge in [0.25, 0.3) is 0 Å². The predicted octanol–water partition coefficient (Wildman–Crippen LogP) is 5.83. The fourth-order valence-corrected chi connectivity index (χ4v) is 3.63. The maximum absolute atomic E-state index is 13.0. The minimum atomic E-state index is -4.59. The standard InChI is InChI=1S/C16H10Cl3F3N4OS/c1-7(14(27)23-11-4-2-3-9(17)12(11)19)28-15-25-24-13-10(18)5-8(6-26(13)15)16(20,21)22/h2-7H,1H3,(H,23,27). The number of nitrogens with zero attached hydrogens (tertiary/aromatic N) is 3. The van der Waals surface area contributed by atoms with E-state index < -0.39 is 22.9 Å². The molecule has 1 aromatic carbocycles. The molecular weight excluding hydrogens is 460 g/mol. The zero-order chi connectivity index (χ0) is 20.6. The van der Waals surface area contributed by atoms with Crippen LogP contribution in [-0.4, -0.2) is 25.8 Å². The number of alkyl halides is 3. The summed E-state index contributed by atoms with van der Waals surface area (Å²) in [6.07, 6.45) is -3.75. The molecule has 0 bridgehead atoms. The second-order valence-electron chi connectivity index (χ2n) is 5.60. The van der Waals surface area contributed by atoms with Gasteiger partial charge in [0, 0.05) is 6.20 Å². The van der Waals surface area contributed by atoms with Gasteiger partial charge in [-0.25, -0.2) is 0 Å². The van der Waals surface area contributed by atoms with Crippen LogP contribution in [0, 0.1) is 0 Å². The van der Waals surface area contributed by atoms with Crippen molar-refractivity contribution in [3.63, 3.8) is 0 Å². The molecule has 0 aliphatic carbocycles. The summed E-state index contributed by atoms with van der Waals surface area (Å²) in [6.45, 7) is 1.56. The lowest BCUT2D eigenvalue weighted by Gasteiger charge is -2.13. The Morgan fingerprint density at radius 1 is 1.21 bits per heavy atom. The minimum Gasteiger partial charge on any atom is -0.324 e. The van der Waals surface area contributed by atoms with Gasteiger partial charge in [-0.1, -0.05) is 52.6 Å². The first-order valence-corrected chi connectivity index (χ1v) is 9.62. The normalized spacial score (nSPS) is 13.0. The Hall–Kier alpha value is -1.68. The molecule has 1 atom stereocenters. The molecule has 1 amide bonds. The number of amides is 1. The van der Waals surface area contributed by atoms with Crippen molar-refractivity contribution in [1.29, 1.82) is 0 Å². The maximum Gasteiger partial charge on any atom is 0.417 e. The molecule has 148 valence electrons. The highest BCUT2D eigenvalue weighted by Crippen LogP contribution is 2.34. The molecule has 1 N–H and O–H groups in total. The number of carbonyl (C=O) groups excluding carboxylic acids is 1. The molecule has 12 heteroatoms. The van der Waals surface area contributed by atoms with Gasteiger partial charge < -0.3 is 5.32 Å². The van der Waals surface area contributed by atoms with Gasteiger partial charge in [0.1, 0.15) is 0 Å². The van der Waals surface area contributed by atoms with Crippen molar-refractivity contribution in [1.82, 2.24) is 14.6 Å². The van der Waals surface area contributed by atoms with E-state index in [4.69, 9.17) is 34.8 Å². The summed E-state index contributed by atoms with van der Waals surface area (Å²) in [5, 5.41) is 9.86. The van der Waals surface area contributed by atoms with E-state index in [2.05, 4.69) is 15.5 Å². The number of hydrogen-bond donors (Lipinski definition) is 1. The first kappa shape index (κ1) is 21.0. The molecule has 0 radical (unpaired) electrons. The molecule has 3 aromatic rings. The van der Waals surface area contributed by atoms with Gasteiger partial charge in [-0.15, -0.1) is 10.2 Å². The quantitative estimate of drug-likeness (QED) is 0.489. The van der Waals surface area contributed by atoms with Crippen molar-refractivity contribution < 1.29 is 18.0 Å². The predicted molar refractivity (Wildman–Crippen MR) is 103 cm³/mol. The summed E-state index contributed by atoms with van der Waals surface area (Å²) in [7, 11) is 0. The smallest absolute Gasteiger partial charge is 0.324 e. The van der Waals surface area contributed by atoms with Gasteiger partial charge in [0.15, 0.2) is 10.8 Å². The Labute approximate surface area is 176 Å². The lowest BCUT2D eigenvalue weighted by atomic mass is 10.3. The maximum atomic E-state index is 13.0. The summed E-state index contributed by atoms with van der Waals surface area (Å²) >= 11 is 18.8. The van der Waals surface area contributed by atoms with Gasteiger partial charge in [-0.2, -0.15) is 13.2 Å². The van der Waals surface area contributed by atoms with E-state index in [-0.39, 0.29) is 25.9 Å². The highest BCUT2D eigenvalue weighted by atomic mass is 35.5. The van der Waals surface area contributed by atoms with Crippen LogP contribution in [0.15, 0.2) is 35.6 Å². The molecule has 0 spiro atoms. The highest BCUT2D eigenvalue weighted by molar-refractivity contribution is 8.00. The molecule has 5 nitrogen and oxygen atoms in total. The number of aromatic nitrogens is 3. The number of carbonyl (C=O) groups is 1. The van der Waals surface area contributed by atoms with E-state index in [1.807, 2.05) is 0 Å². The average Bonchev–Trinajstić information content (AvgIpc) is 3.01. The number of thioether (sulfide) groups is 1. The Bertz CT molecular complexity index is 1060. The van der Waals surface area contributed by atoms with Crippen LogP contribution < -0.4 is 5.32 Å². The van der Waals surface area contributed by atoms with Crippen LogP contribution in [0.4, 0.5) is 18.9 Å². The topological polar surface area (TPSA) is 59.3 Å². The van der Waals surface area contributed by atoms with Crippen LogP contribution in [0.3, 0.4) is 0 Å². The van der Waals surface area contributed by atoms with Crippen LogP contribution in [0.1, 0.15) is 12.5 Å². The number of anilines is 1. The second kappa shape index (κ2) is 7.98. The lowest BCUT2D eigenvalue weighted by molar-refractivity contribution is -0.137. The number of nitrogens with one attached hydrogen (secondary N) is 1. The van der Waals surface area contributed by atoms with Gasteiger partial charge in [0.05, 0.1) is 31.6 Å². The van der Waals surface area contributed by atoms with Crippen molar-refractivity contribution in [2.75, 3.05) is 5.32 Å². The van der Waals surface area contributed by atoms with Crippen molar-refractivity contribution >= 4 is 63.8 Å². The highest BCUT2D eigenvalue weighted by Gasteiger charge is 2.32. The monoisotopic (exact) mass is 468 g/mol. The average molecular weight is 470 g/mol. The number of halogens is 6. The van der Waals surface area contributed by atoms with Gasteiger partial charge in [-0.05, 0) is 25.1 Å². The van der Waals surface area contributed by atoms with Crippen molar-refractivity contribution in [2.24, 2.45) is 0 Å². The number of hydrogen-bond acceptors (Lipinski definition) is 4. The van der Waals surface area contributed by atoms with Crippen LogP contribution in [-0.2, 0) is 11.0 Å². The van der Waals surface area contributed by atoms with Crippen molar-refractivity contribution in [3.8, 4) is 0 Å².